The van der Waals surface area contributed by atoms with Crippen molar-refractivity contribution in [3.8, 4) is 11.1 Å². The molecule has 0 aliphatic carbocycles. The first-order valence-electron chi connectivity index (χ1n) is 16.5. The Labute approximate surface area is 272 Å². The second-order valence-electron chi connectivity index (χ2n) is 12.6. The molecule has 3 aromatic rings. The molecule has 9 nitrogen and oxygen atoms in total. The van der Waals surface area contributed by atoms with Gasteiger partial charge < -0.3 is 20.3 Å². The molecular formula is C37H47N5O4. The number of carbonyl (C=O) groups is 3. The van der Waals surface area contributed by atoms with Gasteiger partial charge >= 0.3 is 6.09 Å². The summed E-state index contributed by atoms with van der Waals surface area (Å²) in [5.74, 6) is -0.0251. The maximum atomic E-state index is 12.8. The van der Waals surface area contributed by atoms with E-state index in [0.29, 0.717) is 19.4 Å². The monoisotopic (exact) mass is 625 g/mol. The average Bonchev–Trinajstić information content (AvgIpc) is 3.08. The first-order valence-corrected chi connectivity index (χ1v) is 16.5. The smallest absolute Gasteiger partial charge is 0.411 e. The molecular weight excluding hydrogens is 578 g/mol. The highest BCUT2D eigenvalue weighted by Crippen LogP contribution is 2.28. The Bertz CT molecular complexity index is 1430. The van der Waals surface area contributed by atoms with Gasteiger partial charge in [-0.05, 0) is 68.0 Å². The van der Waals surface area contributed by atoms with Gasteiger partial charge in [-0.2, -0.15) is 0 Å². The molecule has 3 N–H and O–H groups in total. The largest absolute Gasteiger partial charge is 0.446 e. The standard InChI is InChI=1S/C37H47N5O4/c1-40(35(43)16-15-28-11-13-29(14-12-28)27-42-21-17-31(18-22-42)36(38)44)25-26-41-23-19-32(20-24-41)46-37(45)39-34-10-6-5-9-33(34)30-7-3-2-4-8-30/h2-14,31-32H,15-27H2,1H3,(H2,38,44)(H,39,45). The van der Waals surface area contributed by atoms with E-state index in [-0.39, 0.29) is 23.8 Å². The van der Waals surface area contributed by atoms with Crippen molar-refractivity contribution in [3.05, 3.63) is 90.0 Å². The molecule has 0 radical (unpaired) electrons. The van der Waals surface area contributed by atoms with Crippen LogP contribution in [0.5, 0.6) is 0 Å². The number of likely N-dealkylation sites (tertiary alicyclic amines) is 2. The fourth-order valence-corrected chi connectivity index (χ4v) is 6.31. The minimum Gasteiger partial charge on any atom is -0.446 e. The number of carbonyl (C=O) groups excluding carboxylic acids is 3. The van der Waals surface area contributed by atoms with Crippen molar-refractivity contribution >= 4 is 23.6 Å². The van der Waals surface area contributed by atoms with Crippen molar-refractivity contribution in [3.63, 3.8) is 0 Å². The fraction of sp³-hybridized carbons (Fsp3) is 0.432. The Balaban J connectivity index is 0.966. The number of rotatable bonds is 12. The molecule has 2 aliphatic heterocycles. The SMILES string of the molecule is CN(CCN1CCC(OC(=O)Nc2ccccc2-c2ccccc2)CC1)C(=O)CCc1ccc(CN2CCC(C(N)=O)CC2)cc1. The molecule has 2 aliphatic rings. The molecule has 0 unspecified atom stereocenters. The van der Waals surface area contributed by atoms with E-state index < -0.39 is 6.09 Å². The van der Waals surface area contributed by atoms with E-state index in [9.17, 15) is 14.4 Å². The third-order valence-electron chi connectivity index (χ3n) is 9.28. The quantitative estimate of drug-likeness (QED) is 0.288. The van der Waals surface area contributed by atoms with Crippen LogP contribution in [0.15, 0.2) is 78.9 Å². The van der Waals surface area contributed by atoms with Gasteiger partial charge in [-0.25, -0.2) is 4.79 Å². The highest BCUT2D eigenvalue weighted by Gasteiger charge is 2.24. The number of ether oxygens (including phenoxy) is 1. The van der Waals surface area contributed by atoms with Gasteiger partial charge in [-0.15, -0.1) is 0 Å². The average molecular weight is 626 g/mol. The Morgan fingerprint density at radius 2 is 1.46 bits per heavy atom. The number of hydrogen-bond donors (Lipinski definition) is 2. The van der Waals surface area contributed by atoms with E-state index >= 15 is 0 Å². The van der Waals surface area contributed by atoms with Gasteiger partial charge in [0.1, 0.15) is 6.10 Å². The Kier molecular flexibility index (Phi) is 11.8. The normalized spacial score (nSPS) is 16.5. The van der Waals surface area contributed by atoms with E-state index in [1.165, 1.54) is 5.56 Å². The summed E-state index contributed by atoms with van der Waals surface area (Å²) >= 11 is 0. The first kappa shape index (κ1) is 33.2. The molecule has 0 spiro atoms. The van der Waals surface area contributed by atoms with Crippen molar-refractivity contribution in [2.45, 2.75) is 51.2 Å². The van der Waals surface area contributed by atoms with Gasteiger partial charge in [0.25, 0.3) is 0 Å². The van der Waals surface area contributed by atoms with Crippen LogP contribution in [0.4, 0.5) is 10.5 Å². The van der Waals surface area contributed by atoms with Crippen molar-refractivity contribution in [2.75, 3.05) is 51.6 Å². The number of para-hydroxylation sites is 1. The van der Waals surface area contributed by atoms with Crippen LogP contribution in [0.3, 0.4) is 0 Å². The second-order valence-corrected chi connectivity index (χ2v) is 12.6. The third-order valence-corrected chi connectivity index (χ3v) is 9.28. The minimum absolute atomic E-state index is 0.0104. The molecule has 5 rings (SSSR count). The maximum absolute atomic E-state index is 12.8. The summed E-state index contributed by atoms with van der Waals surface area (Å²) in [7, 11) is 1.88. The topological polar surface area (TPSA) is 108 Å². The first-order chi connectivity index (χ1) is 22.3. The maximum Gasteiger partial charge on any atom is 0.411 e. The lowest BCUT2D eigenvalue weighted by molar-refractivity contribution is -0.130. The number of hydrogen-bond acceptors (Lipinski definition) is 6. The highest BCUT2D eigenvalue weighted by molar-refractivity contribution is 5.91. The lowest BCUT2D eigenvalue weighted by Crippen LogP contribution is -2.42. The number of piperidine rings is 2. The predicted octanol–water partition coefficient (Wildman–Crippen LogP) is 5.16. The zero-order chi connectivity index (χ0) is 32.3. The number of nitrogens with one attached hydrogen (secondary N) is 1. The summed E-state index contributed by atoms with van der Waals surface area (Å²) in [6.07, 6.45) is 3.85. The number of nitrogens with two attached hydrogens (primary N) is 1. The van der Waals surface area contributed by atoms with E-state index in [1.807, 2.05) is 66.5 Å². The Morgan fingerprint density at radius 1 is 0.826 bits per heavy atom. The number of likely N-dealkylation sites (N-methyl/N-ethyl adjacent to an activating group) is 1. The van der Waals surface area contributed by atoms with Crippen LogP contribution in [0, 0.1) is 5.92 Å². The zero-order valence-corrected chi connectivity index (χ0v) is 26.9. The molecule has 2 heterocycles. The summed E-state index contributed by atoms with van der Waals surface area (Å²) in [6, 6.07) is 26.2. The van der Waals surface area contributed by atoms with Gasteiger partial charge in [-0.1, -0.05) is 72.8 Å². The van der Waals surface area contributed by atoms with E-state index in [0.717, 1.165) is 87.3 Å². The molecule has 0 aromatic heterocycles. The van der Waals surface area contributed by atoms with Crippen LogP contribution in [-0.4, -0.2) is 85.0 Å². The zero-order valence-electron chi connectivity index (χ0n) is 26.9. The van der Waals surface area contributed by atoms with E-state index in [2.05, 4.69) is 39.4 Å². The van der Waals surface area contributed by atoms with Crippen molar-refractivity contribution < 1.29 is 19.1 Å². The number of nitrogens with zero attached hydrogens (tertiary/aromatic N) is 3. The van der Waals surface area contributed by atoms with Gasteiger partial charge in [0.2, 0.25) is 11.8 Å². The third kappa shape index (κ3) is 9.64. The summed E-state index contributed by atoms with van der Waals surface area (Å²) < 4.78 is 5.77. The molecule has 46 heavy (non-hydrogen) atoms. The van der Waals surface area contributed by atoms with Crippen LogP contribution in [-0.2, 0) is 27.3 Å². The van der Waals surface area contributed by atoms with Crippen LogP contribution in [0.25, 0.3) is 11.1 Å². The molecule has 0 atom stereocenters. The molecule has 3 amide bonds. The van der Waals surface area contributed by atoms with Crippen molar-refractivity contribution in [1.29, 1.82) is 0 Å². The van der Waals surface area contributed by atoms with Gasteiger partial charge in [0.05, 0.1) is 5.69 Å². The molecule has 2 saturated heterocycles. The number of anilines is 1. The van der Waals surface area contributed by atoms with Crippen LogP contribution >= 0.6 is 0 Å². The van der Waals surface area contributed by atoms with E-state index in [4.69, 9.17) is 10.5 Å². The molecule has 2 fully saturated rings. The van der Waals surface area contributed by atoms with E-state index in [1.54, 1.807) is 0 Å². The van der Waals surface area contributed by atoms with Crippen LogP contribution in [0.2, 0.25) is 0 Å². The van der Waals surface area contributed by atoms with Gasteiger partial charge in [0.15, 0.2) is 0 Å². The van der Waals surface area contributed by atoms with Crippen molar-refractivity contribution in [2.24, 2.45) is 11.7 Å². The second kappa shape index (κ2) is 16.4. The fourth-order valence-electron chi connectivity index (χ4n) is 6.31. The summed E-state index contributed by atoms with van der Waals surface area (Å²) in [4.78, 5) is 43.5. The lowest BCUT2D eigenvalue weighted by atomic mass is 9.96. The highest BCUT2D eigenvalue weighted by atomic mass is 16.6. The molecule has 0 bridgehead atoms. The number of benzene rings is 3. The lowest BCUT2D eigenvalue weighted by Gasteiger charge is -2.32. The molecule has 9 heteroatoms. The number of primary amides is 1. The minimum atomic E-state index is -0.427. The number of aryl methyl sites for hydroxylation is 1. The molecule has 0 saturated carbocycles. The van der Waals surface area contributed by atoms with Crippen LogP contribution < -0.4 is 11.1 Å². The van der Waals surface area contributed by atoms with Crippen molar-refractivity contribution in [1.82, 2.24) is 14.7 Å². The summed E-state index contributed by atoms with van der Waals surface area (Å²) in [5, 5.41) is 2.93. The summed E-state index contributed by atoms with van der Waals surface area (Å²) in [5.41, 5.74) is 10.6. The van der Waals surface area contributed by atoms with Gasteiger partial charge in [0, 0.05) is 57.7 Å². The number of amides is 3. The Hall–Kier alpha value is -4.21. The van der Waals surface area contributed by atoms with Gasteiger partial charge in [-0.3, -0.25) is 19.8 Å². The molecule has 244 valence electrons. The molecule has 3 aromatic carbocycles. The van der Waals surface area contributed by atoms with Crippen LogP contribution in [0.1, 0.15) is 43.2 Å². The Morgan fingerprint density at radius 3 is 2.15 bits per heavy atom. The predicted molar refractivity (Wildman–Crippen MR) is 181 cm³/mol. The summed E-state index contributed by atoms with van der Waals surface area (Å²) in [6.45, 7) is 5.79.